The van der Waals surface area contributed by atoms with E-state index in [-0.39, 0.29) is 29.4 Å². The Labute approximate surface area is 176 Å². The Bertz CT molecular complexity index is 520. The van der Waals surface area contributed by atoms with E-state index in [9.17, 15) is 0 Å². The third kappa shape index (κ3) is 9.21. The van der Waals surface area contributed by atoms with Gasteiger partial charge in [-0.15, -0.1) is 24.0 Å². The van der Waals surface area contributed by atoms with E-state index in [1.54, 1.807) is 7.05 Å². The van der Waals surface area contributed by atoms with Gasteiger partial charge in [0.15, 0.2) is 5.96 Å². The summed E-state index contributed by atoms with van der Waals surface area (Å²) in [7, 11) is 1.79. The number of aromatic nitrogens is 1. The number of aliphatic imine (C=N–C) groups is 1. The van der Waals surface area contributed by atoms with Gasteiger partial charge in [0, 0.05) is 18.5 Å². The van der Waals surface area contributed by atoms with Crippen molar-refractivity contribution >= 4 is 29.9 Å². The van der Waals surface area contributed by atoms with Gasteiger partial charge in [-0.3, -0.25) is 4.99 Å². The van der Waals surface area contributed by atoms with Crippen LogP contribution in [0.3, 0.4) is 0 Å². The quantitative estimate of drug-likeness (QED) is 0.321. The lowest BCUT2D eigenvalue weighted by Crippen LogP contribution is -2.42. The smallest absolute Gasteiger partial charge is 0.213 e. The molecule has 1 aromatic rings. The number of guanidine groups is 1. The lowest BCUT2D eigenvalue weighted by molar-refractivity contribution is 0.292. The van der Waals surface area contributed by atoms with Crippen LogP contribution in [0.15, 0.2) is 15.6 Å². The van der Waals surface area contributed by atoms with Crippen LogP contribution in [-0.2, 0) is 12.0 Å². The van der Waals surface area contributed by atoms with Crippen molar-refractivity contribution in [2.45, 2.75) is 72.4 Å². The standard InChI is InChI=1S/C19H37N5O.HI/c1-8-24(9-2)12-10-11-15(3)23-18(20-7)22-14-17-21-13-16(25-17)19(4,5)6;/h13,15H,8-12,14H2,1-7H3,(H2,20,22,23);1H. The molecule has 0 aliphatic rings. The Morgan fingerprint density at radius 3 is 2.46 bits per heavy atom. The van der Waals surface area contributed by atoms with Crippen LogP contribution in [-0.4, -0.2) is 48.6 Å². The number of nitrogens with zero attached hydrogens (tertiary/aromatic N) is 3. The summed E-state index contributed by atoms with van der Waals surface area (Å²) in [6, 6.07) is 0.372. The van der Waals surface area contributed by atoms with Gasteiger partial charge >= 0.3 is 0 Å². The molecule has 6 nitrogen and oxygen atoms in total. The third-order valence-corrected chi connectivity index (χ3v) is 4.31. The lowest BCUT2D eigenvalue weighted by Gasteiger charge is -2.21. The fourth-order valence-electron chi connectivity index (χ4n) is 2.56. The number of hydrogen-bond donors (Lipinski definition) is 2. The van der Waals surface area contributed by atoms with Crippen molar-refractivity contribution in [2.24, 2.45) is 4.99 Å². The molecule has 26 heavy (non-hydrogen) atoms. The van der Waals surface area contributed by atoms with Crippen LogP contribution in [0.5, 0.6) is 0 Å². The van der Waals surface area contributed by atoms with Crippen LogP contribution < -0.4 is 10.6 Å². The van der Waals surface area contributed by atoms with E-state index in [0.717, 1.165) is 37.8 Å². The first kappa shape index (κ1) is 25.2. The van der Waals surface area contributed by atoms with Gasteiger partial charge in [-0.1, -0.05) is 34.6 Å². The highest BCUT2D eigenvalue weighted by Crippen LogP contribution is 2.22. The normalized spacial score (nSPS) is 13.5. The topological polar surface area (TPSA) is 65.7 Å². The van der Waals surface area contributed by atoms with Gasteiger partial charge in [0.1, 0.15) is 5.76 Å². The first-order valence-electron chi connectivity index (χ1n) is 9.44. The SMILES string of the molecule is CCN(CC)CCCC(C)NC(=NC)NCc1ncc(C(C)(C)C)o1.I. The molecular weight excluding hydrogens is 441 g/mol. The van der Waals surface area contributed by atoms with Crippen LogP contribution in [0.1, 0.15) is 66.0 Å². The molecule has 2 N–H and O–H groups in total. The van der Waals surface area contributed by atoms with E-state index in [1.807, 2.05) is 6.20 Å². The average molecular weight is 479 g/mol. The van der Waals surface area contributed by atoms with Crippen molar-refractivity contribution < 1.29 is 4.42 Å². The second-order valence-electron chi connectivity index (χ2n) is 7.51. The monoisotopic (exact) mass is 479 g/mol. The molecule has 1 heterocycles. The largest absolute Gasteiger partial charge is 0.443 e. The van der Waals surface area contributed by atoms with Crippen molar-refractivity contribution in [3.05, 3.63) is 17.8 Å². The van der Waals surface area contributed by atoms with Crippen LogP contribution in [0.25, 0.3) is 0 Å². The number of halogens is 1. The van der Waals surface area contributed by atoms with Crippen molar-refractivity contribution in [1.29, 1.82) is 0 Å². The molecule has 0 aromatic carbocycles. The van der Waals surface area contributed by atoms with Crippen LogP contribution >= 0.6 is 24.0 Å². The summed E-state index contributed by atoms with van der Waals surface area (Å²) >= 11 is 0. The minimum Gasteiger partial charge on any atom is -0.443 e. The zero-order valence-corrected chi connectivity index (χ0v) is 19.9. The number of oxazole rings is 1. The number of hydrogen-bond acceptors (Lipinski definition) is 4. The second-order valence-corrected chi connectivity index (χ2v) is 7.51. The van der Waals surface area contributed by atoms with Crippen LogP contribution in [0.4, 0.5) is 0 Å². The molecule has 1 aromatic heterocycles. The summed E-state index contributed by atoms with van der Waals surface area (Å²) in [6.45, 7) is 16.9. The van der Waals surface area contributed by atoms with E-state index in [0.29, 0.717) is 18.5 Å². The molecule has 0 fully saturated rings. The molecule has 1 unspecified atom stereocenters. The molecule has 0 saturated heterocycles. The van der Waals surface area contributed by atoms with Crippen LogP contribution in [0.2, 0.25) is 0 Å². The number of rotatable bonds is 9. The maximum Gasteiger partial charge on any atom is 0.213 e. The molecule has 1 rings (SSSR count). The van der Waals surface area contributed by atoms with Gasteiger partial charge in [-0.2, -0.15) is 0 Å². The van der Waals surface area contributed by atoms with Gasteiger partial charge in [-0.25, -0.2) is 4.98 Å². The summed E-state index contributed by atoms with van der Waals surface area (Å²) in [5.41, 5.74) is -0.0233. The minimum atomic E-state index is -0.0233. The van der Waals surface area contributed by atoms with Crippen molar-refractivity contribution in [3.63, 3.8) is 0 Å². The fourth-order valence-corrected chi connectivity index (χ4v) is 2.56. The highest BCUT2D eigenvalue weighted by atomic mass is 127. The van der Waals surface area contributed by atoms with E-state index < -0.39 is 0 Å². The predicted molar refractivity (Wildman–Crippen MR) is 120 cm³/mol. The summed E-state index contributed by atoms with van der Waals surface area (Å²) in [4.78, 5) is 11.1. The first-order chi connectivity index (χ1) is 11.8. The highest BCUT2D eigenvalue weighted by molar-refractivity contribution is 14.0. The first-order valence-corrected chi connectivity index (χ1v) is 9.44. The Morgan fingerprint density at radius 1 is 1.31 bits per heavy atom. The molecule has 0 bridgehead atoms. The molecule has 0 saturated carbocycles. The summed E-state index contributed by atoms with van der Waals surface area (Å²) < 4.78 is 5.80. The zero-order valence-electron chi connectivity index (χ0n) is 17.6. The zero-order chi connectivity index (χ0) is 18.9. The van der Waals surface area contributed by atoms with Crippen molar-refractivity contribution in [2.75, 3.05) is 26.7 Å². The summed E-state index contributed by atoms with van der Waals surface area (Å²) in [5.74, 6) is 2.37. The average Bonchev–Trinajstić information content (AvgIpc) is 3.04. The Kier molecular flexibility index (Phi) is 12.1. The molecule has 0 aliphatic heterocycles. The van der Waals surface area contributed by atoms with E-state index in [2.05, 4.69) is 67.1 Å². The Balaban J connectivity index is 0.00000625. The molecule has 0 aliphatic carbocycles. The van der Waals surface area contributed by atoms with E-state index in [1.165, 1.54) is 6.42 Å². The maximum absolute atomic E-state index is 5.80. The third-order valence-electron chi connectivity index (χ3n) is 4.31. The van der Waals surface area contributed by atoms with Gasteiger partial charge < -0.3 is 20.0 Å². The van der Waals surface area contributed by atoms with Gasteiger partial charge in [-0.05, 0) is 39.4 Å². The predicted octanol–water partition coefficient (Wildman–Crippen LogP) is 3.77. The van der Waals surface area contributed by atoms with Gasteiger partial charge in [0.25, 0.3) is 0 Å². The van der Waals surface area contributed by atoms with E-state index >= 15 is 0 Å². The molecule has 0 spiro atoms. The second kappa shape index (κ2) is 12.5. The Morgan fingerprint density at radius 2 is 1.96 bits per heavy atom. The maximum atomic E-state index is 5.80. The molecular formula is C19H38IN5O. The molecule has 0 amide bonds. The molecule has 7 heteroatoms. The van der Waals surface area contributed by atoms with Crippen molar-refractivity contribution in [1.82, 2.24) is 20.5 Å². The minimum absolute atomic E-state index is 0. The van der Waals surface area contributed by atoms with E-state index in [4.69, 9.17) is 4.42 Å². The van der Waals surface area contributed by atoms with Gasteiger partial charge in [0.2, 0.25) is 5.89 Å². The molecule has 0 radical (unpaired) electrons. The highest BCUT2D eigenvalue weighted by Gasteiger charge is 2.19. The summed E-state index contributed by atoms with van der Waals surface area (Å²) in [6.07, 6.45) is 4.11. The lowest BCUT2D eigenvalue weighted by atomic mass is 9.94. The summed E-state index contributed by atoms with van der Waals surface area (Å²) in [5, 5.41) is 6.71. The molecule has 1 atom stereocenters. The van der Waals surface area contributed by atoms with Crippen molar-refractivity contribution in [3.8, 4) is 0 Å². The Hall–Kier alpha value is -0.830. The van der Waals surface area contributed by atoms with Crippen LogP contribution in [0, 0.1) is 0 Å². The number of nitrogens with one attached hydrogen (secondary N) is 2. The fraction of sp³-hybridized carbons (Fsp3) is 0.789. The molecule has 152 valence electrons. The van der Waals surface area contributed by atoms with Gasteiger partial charge in [0.05, 0.1) is 12.7 Å².